The first-order chi connectivity index (χ1) is 16.2. The third-order valence-electron chi connectivity index (χ3n) is 5.97. The number of amides is 1. The van der Waals surface area contributed by atoms with E-state index in [0.29, 0.717) is 36.3 Å². The van der Waals surface area contributed by atoms with Crippen LogP contribution in [0.3, 0.4) is 0 Å². The molecule has 182 valence electrons. The number of ether oxygens (including phenoxy) is 1. The van der Waals surface area contributed by atoms with Crippen molar-refractivity contribution < 1.29 is 17.9 Å². The summed E-state index contributed by atoms with van der Waals surface area (Å²) < 4.78 is 32.3. The molecular weight excluding hydrogens is 494 g/mol. The van der Waals surface area contributed by atoms with E-state index in [0.717, 1.165) is 41.0 Å². The summed E-state index contributed by atoms with van der Waals surface area (Å²) in [5.41, 5.74) is 3.09. The molecule has 0 saturated carbocycles. The highest BCUT2D eigenvalue weighted by atomic mass is 35.5. The number of thiazole rings is 1. The van der Waals surface area contributed by atoms with Crippen LogP contribution in [0.15, 0.2) is 41.3 Å². The van der Waals surface area contributed by atoms with Crippen molar-refractivity contribution in [2.75, 3.05) is 50.0 Å². The van der Waals surface area contributed by atoms with Gasteiger partial charge < -0.3 is 4.74 Å². The lowest BCUT2D eigenvalue weighted by Gasteiger charge is -2.27. The van der Waals surface area contributed by atoms with Crippen molar-refractivity contribution in [1.29, 1.82) is 0 Å². The SMILES string of the molecule is Cc1cc2nc(N(CCCN3CCOCC3)C(=O)CS(=O)(=O)c3ccc(Cl)cc3)sc2cc1C. The maximum atomic E-state index is 13.3. The second-order valence-corrected chi connectivity index (χ2v) is 11.9. The van der Waals surface area contributed by atoms with Crippen molar-refractivity contribution in [3.8, 4) is 0 Å². The Hall–Kier alpha value is -2.04. The van der Waals surface area contributed by atoms with Crippen molar-refractivity contribution in [2.45, 2.75) is 25.2 Å². The van der Waals surface area contributed by atoms with E-state index < -0.39 is 21.5 Å². The first-order valence-corrected chi connectivity index (χ1v) is 14.0. The summed E-state index contributed by atoms with van der Waals surface area (Å²) in [5.74, 6) is -1.11. The smallest absolute Gasteiger partial charge is 0.244 e. The van der Waals surface area contributed by atoms with Crippen molar-refractivity contribution in [1.82, 2.24) is 9.88 Å². The van der Waals surface area contributed by atoms with Crippen molar-refractivity contribution in [3.63, 3.8) is 0 Å². The number of aryl methyl sites for hydroxylation is 2. The van der Waals surface area contributed by atoms with Crippen LogP contribution in [-0.4, -0.2) is 69.4 Å². The van der Waals surface area contributed by atoms with Gasteiger partial charge in [-0.3, -0.25) is 14.6 Å². The monoisotopic (exact) mass is 521 g/mol. The molecule has 0 spiro atoms. The zero-order valence-corrected chi connectivity index (χ0v) is 21.7. The van der Waals surface area contributed by atoms with Gasteiger partial charge in [0.2, 0.25) is 5.91 Å². The molecular formula is C24H28ClN3O4S2. The normalized spacial score (nSPS) is 15.0. The lowest BCUT2D eigenvalue weighted by Crippen LogP contribution is -2.40. The first kappa shape index (κ1) is 25.1. The van der Waals surface area contributed by atoms with Gasteiger partial charge in [0.05, 0.1) is 28.3 Å². The number of morpholine rings is 1. The number of rotatable bonds is 8. The van der Waals surface area contributed by atoms with Gasteiger partial charge in [0.25, 0.3) is 0 Å². The third-order valence-corrected chi connectivity index (χ3v) is 8.88. The summed E-state index contributed by atoms with van der Waals surface area (Å²) >= 11 is 7.31. The Balaban J connectivity index is 1.57. The minimum absolute atomic E-state index is 0.0778. The molecule has 0 atom stereocenters. The molecule has 1 aromatic heterocycles. The fourth-order valence-electron chi connectivity index (χ4n) is 3.85. The van der Waals surface area contributed by atoms with Gasteiger partial charge in [-0.2, -0.15) is 0 Å². The number of anilines is 1. The van der Waals surface area contributed by atoms with E-state index >= 15 is 0 Å². The molecule has 10 heteroatoms. The van der Waals surface area contributed by atoms with E-state index in [1.165, 1.54) is 40.5 Å². The van der Waals surface area contributed by atoms with E-state index in [1.807, 2.05) is 19.9 Å². The number of fused-ring (bicyclic) bond motifs is 1. The van der Waals surface area contributed by atoms with Gasteiger partial charge in [-0.25, -0.2) is 13.4 Å². The van der Waals surface area contributed by atoms with Crippen LogP contribution < -0.4 is 4.90 Å². The number of hydrogen-bond acceptors (Lipinski definition) is 7. The number of aromatic nitrogens is 1. The Morgan fingerprint density at radius 1 is 1.15 bits per heavy atom. The van der Waals surface area contributed by atoms with E-state index in [2.05, 4.69) is 11.0 Å². The largest absolute Gasteiger partial charge is 0.379 e. The second-order valence-electron chi connectivity index (χ2n) is 8.47. The summed E-state index contributed by atoms with van der Waals surface area (Å²) in [7, 11) is -3.82. The van der Waals surface area contributed by atoms with Gasteiger partial charge >= 0.3 is 0 Å². The van der Waals surface area contributed by atoms with E-state index in [9.17, 15) is 13.2 Å². The molecule has 0 N–H and O–H groups in total. The minimum atomic E-state index is -3.82. The number of halogens is 1. The van der Waals surface area contributed by atoms with Crippen LogP contribution in [0.25, 0.3) is 10.2 Å². The zero-order chi connectivity index (χ0) is 24.3. The molecule has 0 bridgehead atoms. The molecule has 0 aliphatic carbocycles. The molecule has 1 amide bonds. The van der Waals surface area contributed by atoms with Gasteiger partial charge in [0.1, 0.15) is 5.75 Å². The molecule has 0 unspecified atom stereocenters. The van der Waals surface area contributed by atoms with E-state index in [4.69, 9.17) is 21.3 Å². The molecule has 2 aromatic carbocycles. The van der Waals surface area contributed by atoms with Crippen LogP contribution in [0.4, 0.5) is 5.13 Å². The van der Waals surface area contributed by atoms with Crippen LogP contribution in [0.1, 0.15) is 17.5 Å². The summed E-state index contributed by atoms with van der Waals surface area (Å²) in [4.78, 5) is 21.9. The zero-order valence-electron chi connectivity index (χ0n) is 19.3. The lowest BCUT2D eigenvalue weighted by molar-refractivity contribution is -0.116. The quantitative estimate of drug-likeness (QED) is 0.444. The average Bonchev–Trinajstić information content (AvgIpc) is 3.19. The molecule has 1 aliphatic rings. The summed E-state index contributed by atoms with van der Waals surface area (Å²) in [6.45, 7) is 8.40. The average molecular weight is 522 g/mol. The maximum Gasteiger partial charge on any atom is 0.244 e. The van der Waals surface area contributed by atoms with Crippen molar-refractivity contribution in [2.24, 2.45) is 0 Å². The van der Waals surface area contributed by atoms with Gasteiger partial charge in [-0.15, -0.1) is 0 Å². The first-order valence-electron chi connectivity index (χ1n) is 11.2. The van der Waals surface area contributed by atoms with Gasteiger partial charge in [0.15, 0.2) is 15.0 Å². The Morgan fingerprint density at radius 2 is 1.82 bits per heavy atom. The van der Waals surface area contributed by atoms with Crippen molar-refractivity contribution in [3.05, 3.63) is 52.5 Å². The highest BCUT2D eigenvalue weighted by Crippen LogP contribution is 2.31. The Morgan fingerprint density at radius 3 is 2.53 bits per heavy atom. The Kier molecular flexibility index (Phi) is 7.89. The summed E-state index contributed by atoms with van der Waals surface area (Å²) in [6, 6.07) is 9.94. The van der Waals surface area contributed by atoms with Gasteiger partial charge in [-0.05, 0) is 67.8 Å². The molecule has 1 aliphatic heterocycles. The van der Waals surface area contributed by atoms with Gasteiger partial charge in [0, 0.05) is 31.2 Å². The molecule has 2 heterocycles. The number of nitrogens with zero attached hydrogens (tertiary/aromatic N) is 3. The molecule has 3 aromatic rings. The number of benzene rings is 2. The fourth-order valence-corrected chi connectivity index (χ4v) is 6.27. The Labute approximate surface area is 209 Å². The predicted molar refractivity (Wildman–Crippen MR) is 137 cm³/mol. The highest BCUT2D eigenvalue weighted by molar-refractivity contribution is 7.92. The minimum Gasteiger partial charge on any atom is -0.379 e. The maximum absolute atomic E-state index is 13.3. The molecule has 1 saturated heterocycles. The summed E-state index contributed by atoms with van der Waals surface area (Å²) in [5, 5.41) is 0.966. The van der Waals surface area contributed by atoms with Crippen LogP contribution in [0, 0.1) is 13.8 Å². The van der Waals surface area contributed by atoms with Crippen molar-refractivity contribution >= 4 is 54.0 Å². The highest BCUT2D eigenvalue weighted by Gasteiger charge is 2.27. The number of sulfone groups is 1. The standard InChI is InChI=1S/C24H28ClN3O4S2/c1-17-14-21-22(15-18(17)2)33-24(26-21)28(9-3-8-27-10-12-32-13-11-27)23(29)16-34(30,31)20-6-4-19(25)5-7-20/h4-7,14-15H,3,8-13,16H2,1-2H3. The molecule has 4 rings (SSSR count). The summed E-state index contributed by atoms with van der Waals surface area (Å²) in [6.07, 6.45) is 0.709. The molecule has 1 fully saturated rings. The van der Waals surface area contributed by atoms with Crippen LogP contribution in [0.5, 0.6) is 0 Å². The molecule has 0 radical (unpaired) electrons. The van der Waals surface area contributed by atoms with E-state index in [1.54, 1.807) is 0 Å². The predicted octanol–water partition coefficient (Wildman–Crippen LogP) is 4.10. The fraction of sp³-hybridized carbons (Fsp3) is 0.417. The Bertz CT molecular complexity index is 1230. The van der Waals surface area contributed by atoms with Crippen LogP contribution in [-0.2, 0) is 19.4 Å². The topological polar surface area (TPSA) is 79.8 Å². The van der Waals surface area contributed by atoms with E-state index in [-0.39, 0.29) is 4.90 Å². The van der Waals surface area contributed by atoms with Crippen LogP contribution in [0.2, 0.25) is 5.02 Å². The number of carbonyl (C=O) groups is 1. The number of carbonyl (C=O) groups excluding carboxylic acids is 1. The lowest BCUT2D eigenvalue weighted by atomic mass is 10.1. The second kappa shape index (κ2) is 10.7. The molecule has 7 nitrogen and oxygen atoms in total. The van der Waals surface area contributed by atoms with Crippen LogP contribution >= 0.6 is 22.9 Å². The number of hydrogen-bond donors (Lipinski definition) is 0. The molecule has 34 heavy (non-hydrogen) atoms. The third kappa shape index (κ3) is 5.95. The van der Waals surface area contributed by atoms with Gasteiger partial charge in [-0.1, -0.05) is 22.9 Å².